The average Bonchev–Trinajstić information content (AvgIpc) is 2.30. The Hall–Kier alpha value is -0.690. The van der Waals surface area contributed by atoms with E-state index in [2.05, 4.69) is 5.32 Å². The highest BCUT2D eigenvalue weighted by atomic mass is 19.3. The quantitative estimate of drug-likeness (QED) is 0.735. The van der Waals surface area contributed by atoms with Gasteiger partial charge in [-0.2, -0.15) is 5.26 Å². The number of nitriles is 1. The summed E-state index contributed by atoms with van der Waals surface area (Å²) in [5, 5.41) is 11.4. The van der Waals surface area contributed by atoms with E-state index in [0.717, 1.165) is 0 Å². The fourth-order valence-corrected chi connectivity index (χ4v) is 1.69. The van der Waals surface area contributed by atoms with E-state index >= 15 is 0 Å². The lowest BCUT2D eigenvalue weighted by Crippen LogP contribution is -2.35. The van der Waals surface area contributed by atoms with Crippen LogP contribution in [0.25, 0.3) is 0 Å². The van der Waals surface area contributed by atoms with Crippen LogP contribution in [-0.4, -0.2) is 18.0 Å². The van der Waals surface area contributed by atoms with Gasteiger partial charge in [0.25, 0.3) is 0 Å². The molecule has 1 N–H and O–H groups in total. The molecule has 0 spiro atoms. The summed E-state index contributed by atoms with van der Waals surface area (Å²) in [5.41, 5.74) is 0. The van der Waals surface area contributed by atoms with Crippen LogP contribution in [-0.2, 0) is 0 Å². The van der Waals surface area contributed by atoms with E-state index in [0.29, 0.717) is 12.8 Å². The van der Waals surface area contributed by atoms with Gasteiger partial charge in [-0.25, -0.2) is 8.78 Å². The Bertz CT molecular complexity index is 210. The van der Waals surface area contributed by atoms with Gasteiger partial charge in [0.15, 0.2) is 0 Å². The Morgan fingerprint density at radius 1 is 1.69 bits per heavy atom. The summed E-state index contributed by atoms with van der Waals surface area (Å²) in [7, 11) is 0. The summed E-state index contributed by atoms with van der Waals surface area (Å²) in [5.74, 6) is -2.50. The van der Waals surface area contributed by atoms with Gasteiger partial charge in [0.2, 0.25) is 5.92 Å². The average molecular weight is 188 g/mol. The predicted molar refractivity (Wildman–Crippen MR) is 45.4 cm³/mol. The first-order valence-electron chi connectivity index (χ1n) is 4.54. The van der Waals surface area contributed by atoms with Gasteiger partial charge in [-0.15, -0.1) is 0 Å². The molecule has 0 heterocycles. The van der Waals surface area contributed by atoms with Crippen molar-refractivity contribution in [2.24, 2.45) is 0 Å². The smallest absolute Gasteiger partial charge is 0.249 e. The van der Waals surface area contributed by atoms with Crippen molar-refractivity contribution in [3.63, 3.8) is 0 Å². The summed E-state index contributed by atoms with van der Waals surface area (Å²) in [6.45, 7) is 1.85. The first-order chi connectivity index (χ1) is 6.03. The van der Waals surface area contributed by atoms with E-state index in [-0.39, 0.29) is 24.9 Å². The van der Waals surface area contributed by atoms with Crippen molar-refractivity contribution in [1.82, 2.24) is 5.32 Å². The summed E-state index contributed by atoms with van der Waals surface area (Å²) in [6, 6.07) is 1.92. The largest absolute Gasteiger partial charge is 0.310 e. The zero-order chi connectivity index (χ0) is 9.90. The van der Waals surface area contributed by atoms with E-state index in [1.807, 2.05) is 13.0 Å². The van der Waals surface area contributed by atoms with E-state index in [1.54, 1.807) is 0 Å². The van der Waals surface area contributed by atoms with Crippen molar-refractivity contribution in [3.8, 4) is 6.07 Å². The molecule has 1 aliphatic carbocycles. The highest BCUT2D eigenvalue weighted by molar-refractivity contribution is 4.88. The molecular formula is C9H14F2N2. The van der Waals surface area contributed by atoms with Crippen LogP contribution in [0.1, 0.15) is 32.6 Å². The van der Waals surface area contributed by atoms with Gasteiger partial charge < -0.3 is 5.32 Å². The van der Waals surface area contributed by atoms with Crippen molar-refractivity contribution < 1.29 is 8.78 Å². The third-order valence-corrected chi connectivity index (χ3v) is 2.32. The van der Waals surface area contributed by atoms with Crippen molar-refractivity contribution >= 4 is 0 Å². The Morgan fingerprint density at radius 2 is 2.38 bits per heavy atom. The van der Waals surface area contributed by atoms with Crippen LogP contribution in [0.15, 0.2) is 0 Å². The van der Waals surface area contributed by atoms with Gasteiger partial charge in [-0.3, -0.25) is 0 Å². The zero-order valence-corrected chi connectivity index (χ0v) is 7.69. The Balaban J connectivity index is 2.29. The zero-order valence-electron chi connectivity index (χ0n) is 7.69. The molecule has 0 bridgehead atoms. The third kappa shape index (κ3) is 3.27. The van der Waals surface area contributed by atoms with Gasteiger partial charge >= 0.3 is 0 Å². The molecule has 0 aromatic carbocycles. The molecule has 0 aromatic rings. The topological polar surface area (TPSA) is 35.8 Å². The number of rotatable bonds is 3. The maximum atomic E-state index is 12.7. The number of halogens is 2. The molecule has 2 atom stereocenters. The minimum Gasteiger partial charge on any atom is -0.310 e. The third-order valence-electron chi connectivity index (χ3n) is 2.32. The first kappa shape index (κ1) is 10.4. The number of hydrogen-bond acceptors (Lipinski definition) is 2. The van der Waals surface area contributed by atoms with Crippen LogP contribution in [0.4, 0.5) is 8.78 Å². The van der Waals surface area contributed by atoms with Crippen LogP contribution in [0.2, 0.25) is 0 Å². The van der Waals surface area contributed by atoms with Gasteiger partial charge in [0, 0.05) is 24.9 Å². The van der Waals surface area contributed by atoms with E-state index in [9.17, 15) is 8.78 Å². The maximum Gasteiger partial charge on any atom is 0.249 e. The number of nitrogens with zero attached hydrogens (tertiary/aromatic N) is 1. The molecule has 4 heteroatoms. The monoisotopic (exact) mass is 188 g/mol. The molecule has 0 aromatic heterocycles. The van der Waals surface area contributed by atoms with Crippen molar-refractivity contribution in [1.29, 1.82) is 5.26 Å². The molecule has 1 saturated carbocycles. The second-order valence-corrected chi connectivity index (χ2v) is 3.73. The Kier molecular flexibility index (Phi) is 3.21. The lowest BCUT2D eigenvalue weighted by Gasteiger charge is -2.16. The molecule has 0 saturated heterocycles. The van der Waals surface area contributed by atoms with Gasteiger partial charge in [-0.05, 0) is 13.3 Å². The van der Waals surface area contributed by atoms with E-state index in [4.69, 9.17) is 5.26 Å². The van der Waals surface area contributed by atoms with Crippen molar-refractivity contribution in [2.75, 3.05) is 0 Å². The molecule has 1 fully saturated rings. The molecule has 2 unspecified atom stereocenters. The molecule has 13 heavy (non-hydrogen) atoms. The van der Waals surface area contributed by atoms with Crippen LogP contribution < -0.4 is 5.32 Å². The Labute approximate surface area is 76.9 Å². The molecule has 74 valence electrons. The predicted octanol–water partition coefficient (Wildman–Crippen LogP) is 2.07. The number of nitrogens with one attached hydrogen (secondary N) is 1. The highest BCUT2D eigenvalue weighted by Crippen LogP contribution is 2.34. The van der Waals surface area contributed by atoms with Gasteiger partial charge in [0.1, 0.15) is 0 Å². The Morgan fingerprint density at radius 3 is 2.85 bits per heavy atom. The van der Waals surface area contributed by atoms with Crippen molar-refractivity contribution in [2.45, 2.75) is 50.6 Å². The summed E-state index contributed by atoms with van der Waals surface area (Å²) < 4.78 is 25.5. The second-order valence-electron chi connectivity index (χ2n) is 3.73. The second kappa shape index (κ2) is 4.01. The van der Waals surface area contributed by atoms with E-state index in [1.165, 1.54) is 0 Å². The lowest BCUT2D eigenvalue weighted by molar-refractivity contribution is 0.00668. The molecule has 0 aliphatic heterocycles. The van der Waals surface area contributed by atoms with Gasteiger partial charge in [0.05, 0.1) is 12.5 Å². The summed E-state index contributed by atoms with van der Waals surface area (Å²) >= 11 is 0. The van der Waals surface area contributed by atoms with Gasteiger partial charge in [-0.1, -0.05) is 0 Å². The van der Waals surface area contributed by atoms with Crippen LogP contribution in [0, 0.1) is 11.3 Å². The fraction of sp³-hybridized carbons (Fsp3) is 0.889. The summed E-state index contributed by atoms with van der Waals surface area (Å²) in [4.78, 5) is 0. The molecule has 2 nitrogen and oxygen atoms in total. The number of alkyl halides is 2. The molecule has 0 radical (unpaired) electrons. The maximum absolute atomic E-state index is 12.7. The summed E-state index contributed by atoms with van der Waals surface area (Å²) in [6.07, 6.45) is 0.789. The standard InChI is InChI=1S/C9H14F2N2/c1-7(3-5-12)13-8-2-4-9(10,11)6-8/h7-8,13H,2-4,6H2,1H3. The minimum absolute atomic E-state index is 0.0175. The molecule has 0 amide bonds. The van der Waals surface area contributed by atoms with Crippen LogP contribution in [0.5, 0.6) is 0 Å². The molecule has 1 rings (SSSR count). The highest BCUT2D eigenvalue weighted by Gasteiger charge is 2.39. The normalized spacial score (nSPS) is 28.3. The molecular weight excluding hydrogens is 174 g/mol. The SMILES string of the molecule is CC(CC#N)NC1CCC(F)(F)C1. The van der Waals surface area contributed by atoms with Crippen molar-refractivity contribution in [3.05, 3.63) is 0 Å². The van der Waals surface area contributed by atoms with E-state index < -0.39 is 5.92 Å². The van der Waals surface area contributed by atoms with Crippen LogP contribution >= 0.6 is 0 Å². The first-order valence-corrected chi connectivity index (χ1v) is 4.54. The van der Waals surface area contributed by atoms with Crippen LogP contribution in [0.3, 0.4) is 0 Å². The minimum atomic E-state index is -2.50. The lowest BCUT2D eigenvalue weighted by atomic mass is 10.2. The fourth-order valence-electron chi connectivity index (χ4n) is 1.69. The number of hydrogen-bond donors (Lipinski definition) is 1. The molecule has 1 aliphatic rings.